The summed E-state index contributed by atoms with van der Waals surface area (Å²) in [4.78, 5) is 13.5. The second-order valence-corrected chi connectivity index (χ2v) is 7.27. The van der Waals surface area contributed by atoms with Crippen LogP contribution in [0.3, 0.4) is 0 Å². The Kier molecular flexibility index (Phi) is 3.80. The van der Waals surface area contributed by atoms with E-state index in [1.54, 1.807) is 11.3 Å². The molecule has 1 amide bonds. The number of piperidine rings is 1. The van der Waals surface area contributed by atoms with Crippen molar-refractivity contribution in [1.82, 2.24) is 10.2 Å². The van der Waals surface area contributed by atoms with Gasteiger partial charge in [-0.25, -0.2) is 0 Å². The molecule has 0 spiro atoms. The summed E-state index contributed by atoms with van der Waals surface area (Å²) in [5, 5.41) is 10.5. The number of hydrogen-bond donors (Lipinski definition) is 1. The van der Waals surface area contributed by atoms with E-state index in [4.69, 9.17) is 5.73 Å². The summed E-state index contributed by atoms with van der Waals surface area (Å²) in [6, 6.07) is 0.386. The first-order valence-electron chi connectivity index (χ1n) is 6.69. The molecule has 0 unspecified atom stereocenters. The maximum Gasteiger partial charge on any atom is 0.222 e. The van der Waals surface area contributed by atoms with Crippen molar-refractivity contribution >= 4 is 22.4 Å². The minimum Gasteiger partial charge on any atom is -0.369 e. The van der Waals surface area contributed by atoms with Crippen LogP contribution in [0.2, 0.25) is 0 Å². The zero-order valence-corrected chi connectivity index (χ0v) is 12.8. The largest absolute Gasteiger partial charge is 0.369 e. The van der Waals surface area contributed by atoms with Crippen molar-refractivity contribution in [3.05, 3.63) is 5.01 Å². The van der Waals surface area contributed by atoms with Crippen molar-refractivity contribution in [2.24, 2.45) is 11.7 Å². The number of hydrogen-bond acceptors (Lipinski definition) is 5. The van der Waals surface area contributed by atoms with Gasteiger partial charge in [-0.3, -0.25) is 4.79 Å². The summed E-state index contributed by atoms with van der Waals surface area (Å²) >= 11 is 1.62. The second-order valence-electron chi connectivity index (χ2n) is 6.32. The average molecular weight is 282 g/mol. The lowest BCUT2D eigenvalue weighted by atomic mass is 9.93. The number of anilines is 1. The van der Waals surface area contributed by atoms with Gasteiger partial charge < -0.3 is 10.6 Å². The van der Waals surface area contributed by atoms with Gasteiger partial charge >= 0.3 is 0 Å². The van der Waals surface area contributed by atoms with Crippen molar-refractivity contribution in [3.63, 3.8) is 0 Å². The van der Waals surface area contributed by atoms with Gasteiger partial charge in [0.2, 0.25) is 11.0 Å². The molecule has 1 aromatic heterocycles. The third-order valence-corrected chi connectivity index (χ3v) is 4.97. The first-order chi connectivity index (χ1) is 8.79. The van der Waals surface area contributed by atoms with E-state index >= 15 is 0 Å². The van der Waals surface area contributed by atoms with Crippen LogP contribution in [0.25, 0.3) is 0 Å². The van der Waals surface area contributed by atoms with Crippen molar-refractivity contribution in [2.75, 3.05) is 11.4 Å². The molecule has 6 heteroatoms. The Balaban J connectivity index is 2.19. The molecule has 2 rings (SSSR count). The van der Waals surface area contributed by atoms with Gasteiger partial charge in [-0.05, 0) is 19.8 Å². The minimum absolute atomic E-state index is 0.0119. The number of nitrogens with zero attached hydrogens (tertiary/aromatic N) is 3. The molecule has 1 fully saturated rings. The second kappa shape index (κ2) is 5.07. The van der Waals surface area contributed by atoms with Crippen LogP contribution in [0.4, 0.5) is 5.13 Å². The van der Waals surface area contributed by atoms with Crippen LogP contribution >= 0.6 is 11.3 Å². The highest BCUT2D eigenvalue weighted by molar-refractivity contribution is 7.15. The fraction of sp³-hybridized carbons (Fsp3) is 0.769. The summed E-state index contributed by atoms with van der Waals surface area (Å²) in [5.41, 5.74) is 5.44. The van der Waals surface area contributed by atoms with E-state index < -0.39 is 0 Å². The van der Waals surface area contributed by atoms with Gasteiger partial charge in [-0.15, -0.1) is 10.2 Å². The van der Waals surface area contributed by atoms with Gasteiger partial charge in [0.15, 0.2) is 0 Å². The van der Waals surface area contributed by atoms with Gasteiger partial charge in [0.05, 0.1) is 5.92 Å². The zero-order valence-electron chi connectivity index (χ0n) is 12.0. The van der Waals surface area contributed by atoms with E-state index in [1.165, 1.54) is 0 Å². The molecule has 1 aliphatic rings. The van der Waals surface area contributed by atoms with Crippen LogP contribution in [0, 0.1) is 5.92 Å². The normalized spacial score (nSPS) is 24.5. The molecule has 1 aromatic rings. The number of carbonyl (C=O) groups excluding carboxylic acids is 1. The fourth-order valence-electron chi connectivity index (χ4n) is 2.24. The van der Waals surface area contributed by atoms with Gasteiger partial charge in [-0.1, -0.05) is 32.1 Å². The van der Waals surface area contributed by atoms with Crippen molar-refractivity contribution in [1.29, 1.82) is 0 Å². The molecule has 2 atom stereocenters. The average Bonchev–Trinajstić information content (AvgIpc) is 2.78. The van der Waals surface area contributed by atoms with Crippen LogP contribution < -0.4 is 10.6 Å². The van der Waals surface area contributed by atoms with Crippen LogP contribution in [0.1, 0.15) is 45.5 Å². The van der Waals surface area contributed by atoms with Crippen LogP contribution in [-0.4, -0.2) is 28.7 Å². The van der Waals surface area contributed by atoms with E-state index in [9.17, 15) is 4.79 Å². The molecule has 1 saturated heterocycles. The number of rotatable bonds is 2. The predicted molar refractivity (Wildman–Crippen MR) is 77.3 cm³/mol. The molecular formula is C13H22N4OS. The fourth-order valence-corrected chi connectivity index (χ4v) is 3.25. The number of primary amides is 1. The standard InChI is InChI=1S/C13H22N4OS/c1-8-5-6-9(10(14)18)7-17(8)12-16-15-11(19-12)13(2,3)4/h8-9H,5-7H2,1-4H3,(H2,14,18)/t8-,9-/m0/s1. The molecule has 5 nitrogen and oxygen atoms in total. The Morgan fingerprint density at radius 3 is 2.58 bits per heavy atom. The molecule has 1 aliphatic heterocycles. The predicted octanol–water partition coefficient (Wildman–Crippen LogP) is 1.93. The van der Waals surface area contributed by atoms with Gasteiger partial charge in [0.1, 0.15) is 5.01 Å². The lowest BCUT2D eigenvalue weighted by Gasteiger charge is -2.36. The molecule has 0 radical (unpaired) electrons. The highest BCUT2D eigenvalue weighted by atomic mass is 32.1. The maximum absolute atomic E-state index is 11.4. The number of carbonyl (C=O) groups is 1. The summed E-state index contributed by atoms with van der Waals surface area (Å²) in [7, 11) is 0. The van der Waals surface area contributed by atoms with E-state index in [0.717, 1.165) is 23.0 Å². The lowest BCUT2D eigenvalue weighted by molar-refractivity contribution is -0.122. The molecule has 2 heterocycles. The van der Waals surface area contributed by atoms with E-state index in [1.807, 2.05) is 0 Å². The maximum atomic E-state index is 11.4. The van der Waals surface area contributed by atoms with Crippen LogP contribution in [0.5, 0.6) is 0 Å². The summed E-state index contributed by atoms with van der Waals surface area (Å²) in [5.74, 6) is -0.282. The molecule has 2 N–H and O–H groups in total. The number of aromatic nitrogens is 2. The molecule has 0 bridgehead atoms. The molecule has 0 aromatic carbocycles. The molecule has 106 valence electrons. The highest BCUT2D eigenvalue weighted by Crippen LogP contribution is 2.33. The minimum atomic E-state index is -0.211. The number of nitrogens with two attached hydrogens (primary N) is 1. The van der Waals surface area contributed by atoms with E-state index in [0.29, 0.717) is 12.6 Å². The Morgan fingerprint density at radius 1 is 1.37 bits per heavy atom. The van der Waals surface area contributed by atoms with Crippen molar-refractivity contribution in [3.8, 4) is 0 Å². The third kappa shape index (κ3) is 3.05. The first-order valence-corrected chi connectivity index (χ1v) is 7.50. The highest BCUT2D eigenvalue weighted by Gasteiger charge is 2.31. The first kappa shape index (κ1) is 14.2. The van der Waals surface area contributed by atoms with Crippen LogP contribution in [0.15, 0.2) is 0 Å². The topological polar surface area (TPSA) is 72.1 Å². The third-order valence-electron chi connectivity index (χ3n) is 3.59. The van der Waals surface area contributed by atoms with Crippen LogP contribution in [-0.2, 0) is 10.2 Å². The molecule has 0 saturated carbocycles. The molecule has 0 aliphatic carbocycles. The monoisotopic (exact) mass is 282 g/mol. The quantitative estimate of drug-likeness (QED) is 0.899. The smallest absolute Gasteiger partial charge is 0.222 e. The Morgan fingerprint density at radius 2 is 2.05 bits per heavy atom. The molecule has 19 heavy (non-hydrogen) atoms. The Bertz CT molecular complexity index is 465. The molecular weight excluding hydrogens is 260 g/mol. The Hall–Kier alpha value is -1.17. The summed E-state index contributed by atoms with van der Waals surface area (Å²) in [6.07, 6.45) is 1.84. The SMILES string of the molecule is C[C@H]1CC[C@H](C(N)=O)CN1c1nnc(C(C)(C)C)s1. The summed E-state index contributed by atoms with van der Waals surface area (Å²) in [6.45, 7) is 9.21. The van der Waals surface area contributed by atoms with E-state index in [2.05, 4.69) is 42.8 Å². The zero-order chi connectivity index (χ0) is 14.2. The number of amides is 1. The summed E-state index contributed by atoms with van der Waals surface area (Å²) < 4.78 is 0. The Labute approximate surface area is 118 Å². The lowest BCUT2D eigenvalue weighted by Crippen LogP contribution is -2.45. The van der Waals surface area contributed by atoms with Crippen molar-refractivity contribution in [2.45, 2.75) is 52.0 Å². The van der Waals surface area contributed by atoms with Crippen molar-refractivity contribution < 1.29 is 4.79 Å². The van der Waals surface area contributed by atoms with Gasteiger partial charge in [0, 0.05) is 18.0 Å². The van der Waals surface area contributed by atoms with Gasteiger partial charge in [0.25, 0.3) is 0 Å². The van der Waals surface area contributed by atoms with E-state index in [-0.39, 0.29) is 17.2 Å². The van der Waals surface area contributed by atoms with Gasteiger partial charge in [-0.2, -0.15) is 0 Å².